The van der Waals surface area contributed by atoms with Crippen molar-refractivity contribution in [3.63, 3.8) is 0 Å². The van der Waals surface area contributed by atoms with Crippen LogP contribution < -0.4 is 5.32 Å². The predicted octanol–water partition coefficient (Wildman–Crippen LogP) is 3.79. The van der Waals surface area contributed by atoms with E-state index in [0.29, 0.717) is 33.8 Å². The molecule has 1 amide bonds. The first kappa shape index (κ1) is 19.8. The topological polar surface area (TPSA) is 104 Å². The van der Waals surface area contributed by atoms with Gasteiger partial charge in [-0.1, -0.05) is 12.1 Å². The van der Waals surface area contributed by atoms with Gasteiger partial charge >= 0.3 is 0 Å². The van der Waals surface area contributed by atoms with Crippen LogP contribution in [0.25, 0.3) is 22.4 Å². The number of anilines is 1. The van der Waals surface area contributed by atoms with Crippen LogP contribution in [-0.2, 0) is 11.2 Å². The van der Waals surface area contributed by atoms with Crippen LogP contribution in [0.4, 0.5) is 10.2 Å². The summed E-state index contributed by atoms with van der Waals surface area (Å²) in [4.78, 5) is 20.2. The zero-order chi connectivity index (χ0) is 21.6. The van der Waals surface area contributed by atoms with Gasteiger partial charge in [-0.15, -0.1) is 0 Å². The molecule has 0 bridgehead atoms. The molecule has 0 radical (unpaired) electrons. The maximum atomic E-state index is 13.4. The summed E-state index contributed by atoms with van der Waals surface area (Å²) in [6, 6.07) is 17.1. The molecule has 0 aliphatic carbocycles. The number of pyridine rings is 2. The van der Waals surface area contributed by atoms with Crippen LogP contribution in [0.15, 0.2) is 73.2 Å². The molecule has 8 heteroatoms. The Balaban J connectivity index is 1.46. The molecule has 7 nitrogen and oxygen atoms in total. The monoisotopic (exact) mass is 410 g/mol. The second kappa shape index (κ2) is 8.88. The number of amides is 1. The first-order valence-corrected chi connectivity index (χ1v) is 9.31. The number of rotatable bonds is 5. The SMILES string of the molecule is N#Cc1cc(CC(=O)Nc2ccc(-c3cccnn3)cn2)ccc1-c1ccnc(F)c1. The Morgan fingerprint density at radius 2 is 1.94 bits per heavy atom. The largest absolute Gasteiger partial charge is 0.310 e. The van der Waals surface area contributed by atoms with Gasteiger partial charge in [0.2, 0.25) is 11.9 Å². The van der Waals surface area contributed by atoms with Crippen LogP contribution in [0.2, 0.25) is 0 Å². The second-order valence-electron chi connectivity index (χ2n) is 6.62. The first-order valence-electron chi connectivity index (χ1n) is 9.31. The van der Waals surface area contributed by atoms with Crippen molar-refractivity contribution in [2.75, 3.05) is 5.32 Å². The van der Waals surface area contributed by atoms with Gasteiger partial charge in [-0.2, -0.15) is 19.8 Å². The molecule has 150 valence electrons. The first-order chi connectivity index (χ1) is 15.1. The molecular weight excluding hydrogens is 395 g/mol. The molecule has 0 aliphatic rings. The van der Waals surface area contributed by atoms with Crippen molar-refractivity contribution in [3.05, 3.63) is 90.3 Å². The van der Waals surface area contributed by atoms with E-state index in [-0.39, 0.29) is 12.3 Å². The standard InChI is InChI=1S/C23H15FN6O/c24-21-12-16(7-9-26-21)19-5-3-15(10-18(19)13-25)11-23(31)29-22-6-4-17(14-27-22)20-2-1-8-28-30-20/h1-10,12,14H,11H2,(H,27,29,31). The molecule has 3 aromatic heterocycles. The van der Waals surface area contributed by atoms with E-state index in [9.17, 15) is 14.4 Å². The van der Waals surface area contributed by atoms with Gasteiger partial charge in [-0.3, -0.25) is 4.79 Å². The fourth-order valence-electron chi connectivity index (χ4n) is 3.06. The maximum absolute atomic E-state index is 13.4. The molecule has 1 N–H and O–H groups in total. The minimum atomic E-state index is -0.623. The Hall–Kier alpha value is -4.51. The number of carbonyl (C=O) groups excluding carboxylic acids is 1. The number of nitrogens with one attached hydrogen (secondary N) is 1. The lowest BCUT2D eigenvalue weighted by molar-refractivity contribution is -0.115. The van der Waals surface area contributed by atoms with Crippen LogP contribution in [0.3, 0.4) is 0 Å². The van der Waals surface area contributed by atoms with Crippen LogP contribution in [-0.4, -0.2) is 26.1 Å². The van der Waals surface area contributed by atoms with Gasteiger partial charge in [-0.05, 0) is 53.1 Å². The molecule has 0 aliphatic heterocycles. The molecule has 3 heterocycles. The van der Waals surface area contributed by atoms with Crippen molar-refractivity contribution < 1.29 is 9.18 Å². The lowest BCUT2D eigenvalue weighted by Gasteiger charge is -2.08. The van der Waals surface area contributed by atoms with E-state index in [1.165, 1.54) is 12.3 Å². The number of hydrogen-bond acceptors (Lipinski definition) is 6. The summed E-state index contributed by atoms with van der Waals surface area (Å²) < 4.78 is 13.4. The van der Waals surface area contributed by atoms with Gasteiger partial charge in [0.1, 0.15) is 5.82 Å². The third kappa shape index (κ3) is 4.74. The summed E-state index contributed by atoms with van der Waals surface area (Å²) in [5.74, 6) is -0.490. The highest BCUT2D eigenvalue weighted by molar-refractivity contribution is 5.91. The lowest BCUT2D eigenvalue weighted by Crippen LogP contribution is -2.15. The molecule has 0 spiro atoms. The average Bonchev–Trinajstić information content (AvgIpc) is 2.80. The molecule has 0 atom stereocenters. The molecule has 0 unspecified atom stereocenters. The van der Waals surface area contributed by atoms with Crippen molar-refractivity contribution in [1.82, 2.24) is 20.2 Å². The van der Waals surface area contributed by atoms with Gasteiger partial charge < -0.3 is 5.32 Å². The highest BCUT2D eigenvalue weighted by Gasteiger charge is 2.11. The number of carbonyl (C=O) groups is 1. The van der Waals surface area contributed by atoms with Gasteiger partial charge in [0.15, 0.2) is 0 Å². The minimum absolute atomic E-state index is 0.0628. The lowest BCUT2D eigenvalue weighted by atomic mass is 9.98. The Morgan fingerprint density at radius 1 is 1.03 bits per heavy atom. The molecular formula is C23H15FN6O. The smallest absolute Gasteiger partial charge is 0.229 e. The Bertz CT molecular complexity index is 1270. The van der Waals surface area contributed by atoms with E-state index in [4.69, 9.17) is 0 Å². The second-order valence-corrected chi connectivity index (χ2v) is 6.62. The maximum Gasteiger partial charge on any atom is 0.229 e. The summed E-state index contributed by atoms with van der Waals surface area (Å²) in [6.07, 6.45) is 4.60. The zero-order valence-electron chi connectivity index (χ0n) is 16.2. The van der Waals surface area contributed by atoms with Crippen molar-refractivity contribution >= 4 is 11.7 Å². The quantitative estimate of drug-likeness (QED) is 0.502. The third-order valence-electron chi connectivity index (χ3n) is 4.51. The van der Waals surface area contributed by atoms with Gasteiger partial charge in [0.05, 0.1) is 23.7 Å². The van der Waals surface area contributed by atoms with Crippen LogP contribution in [0, 0.1) is 17.3 Å². The van der Waals surface area contributed by atoms with Gasteiger partial charge in [0, 0.05) is 30.2 Å². The number of halogens is 1. The fourth-order valence-corrected chi connectivity index (χ4v) is 3.06. The molecule has 1 aromatic carbocycles. The summed E-state index contributed by atoms with van der Waals surface area (Å²) in [6.45, 7) is 0. The average molecular weight is 410 g/mol. The number of hydrogen-bond donors (Lipinski definition) is 1. The van der Waals surface area contributed by atoms with E-state index in [0.717, 1.165) is 5.56 Å². The molecule has 0 saturated heterocycles. The Morgan fingerprint density at radius 3 is 2.65 bits per heavy atom. The predicted molar refractivity (Wildman–Crippen MR) is 112 cm³/mol. The minimum Gasteiger partial charge on any atom is -0.310 e. The molecule has 0 fully saturated rings. The zero-order valence-corrected chi connectivity index (χ0v) is 16.2. The van der Waals surface area contributed by atoms with Gasteiger partial charge in [-0.25, -0.2) is 9.97 Å². The van der Waals surface area contributed by atoms with E-state index in [2.05, 4.69) is 31.6 Å². The van der Waals surface area contributed by atoms with Gasteiger partial charge in [0.25, 0.3) is 0 Å². The van der Waals surface area contributed by atoms with Crippen LogP contribution in [0.1, 0.15) is 11.1 Å². The Kier molecular flexibility index (Phi) is 5.67. The number of benzene rings is 1. The highest BCUT2D eigenvalue weighted by Crippen LogP contribution is 2.25. The summed E-state index contributed by atoms with van der Waals surface area (Å²) in [7, 11) is 0. The molecule has 31 heavy (non-hydrogen) atoms. The van der Waals surface area contributed by atoms with Crippen molar-refractivity contribution in [2.45, 2.75) is 6.42 Å². The van der Waals surface area contributed by atoms with Crippen molar-refractivity contribution in [2.24, 2.45) is 0 Å². The molecule has 4 rings (SSSR count). The normalized spacial score (nSPS) is 10.3. The molecule has 4 aromatic rings. The van der Waals surface area contributed by atoms with Crippen LogP contribution >= 0.6 is 0 Å². The van der Waals surface area contributed by atoms with E-state index >= 15 is 0 Å². The molecule has 0 saturated carbocycles. The Labute approximate surface area is 177 Å². The highest BCUT2D eigenvalue weighted by atomic mass is 19.1. The summed E-state index contributed by atoms with van der Waals surface area (Å²) in [5, 5.41) is 20.1. The van der Waals surface area contributed by atoms with E-state index in [1.54, 1.807) is 54.9 Å². The number of nitrogens with zero attached hydrogens (tertiary/aromatic N) is 5. The summed E-state index contributed by atoms with van der Waals surface area (Å²) in [5.41, 5.74) is 3.60. The van der Waals surface area contributed by atoms with E-state index in [1.807, 2.05) is 6.07 Å². The van der Waals surface area contributed by atoms with Crippen LogP contribution in [0.5, 0.6) is 0 Å². The number of aromatic nitrogens is 4. The summed E-state index contributed by atoms with van der Waals surface area (Å²) >= 11 is 0. The fraction of sp³-hybridized carbons (Fsp3) is 0.0435. The number of nitriles is 1. The van der Waals surface area contributed by atoms with E-state index < -0.39 is 5.95 Å². The van der Waals surface area contributed by atoms with Crippen molar-refractivity contribution in [3.8, 4) is 28.5 Å². The van der Waals surface area contributed by atoms with Crippen molar-refractivity contribution in [1.29, 1.82) is 5.26 Å². The third-order valence-corrected chi connectivity index (χ3v) is 4.51.